The van der Waals surface area contributed by atoms with Gasteiger partial charge in [-0.25, -0.2) is 4.39 Å². The summed E-state index contributed by atoms with van der Waals surface area (Å²) in [4.78, 5) is 23.1. The zero-order valence-electron chi connectivity index (χ0n) is 13.1. The molecule has 0 aliphatic carbocycles. The largest absolute Gasteiger partial charge is 0.502 e. The Hall–Kier alpha value is -2.06. The van der Waals surface area contributed by atoms with Gasteiger partial charge in [0.15, 0.2) is 5.76 Å². The van der Waals surface area contributed by atoms with Crippen LogP contribution in [0, 0.1) is 5.82 Å². The summed E-state index contributed by atoms with van der Waals surface area (Å²) >= 11 is 9.21. The van der Waals surface area contributed by atoms with Crippen molar-refractivity contribution in [2.75, 3.05) is 10.6 Å². The van der Waals surface area contributed by atoms with Gasteiger partial charge in [0.1, 0.15) is 5.82 Å². The molecule has 0 bridgehead atoms. The monoisotopic (exact) mass is 433 g/mol. The lowest BCUT2D eigenvalue weighted by Gasteiger charge is -2.04. The molecule has 2 N–H and O–H groups in total. The van der Waals surface area contributed by atoms with Gasteiger partial charge in [0.05, 0.1) is 5.02 Å². The fourth-order valence-corrected chi connectivity index (χ4v) is 2.48. The van der Waals surface area contributed by atoms with Crippen LogP contribution in [-0.2, 0) is 9.59 Å². The van der Waals surface area contributed by atoms with Crippen molar-refractivity contribution in [1.29, 1.82) is 0 Å². The van der Waals surface area contributed by atoms with Crippen molar-refractivity contribution >= 4 is 45.3 Å². The number of aromatic hydroxyl groups is 1. The van der Waals surface area contributed by atoms with Crippen molar-refractivity contribution in [3.05, 3.63) is 29.0 Å². The van der Waals surface area contributed by atoms with Crippen molar-refractivity contribution in [3.8, 4) is 22.8 Å². The molecule has 1 heterocycles. The Morgan fingerprint density at radius 2 is 2.16 bits per heavy atom. The maximum Gasteiger partial charge on any atom is 0.308 e. The third-order valence-electron chi connectivity index (χ3n) is 3.05. The summed E-state index contributed by atoms with van der Waals surface area (Å²) < 4.78 is 23.8. The molecule has 0 radical (unpaired) electrons. The number of ether oxygens (including phenoxy) is 1. The second-order valence-corrected chi connectivity index (χ2v) is 6.20. The number of halogens is 3. The molecule has 6 nitrogen and oxygen atoms in total. The molecule has 0 atom stereocenters. The van der Waals surface area contributed by atoms with Gasteiger partial charge in [-0.3, -0.25) is 14.9 Å². The van der Waals surface area contributed by atoms with Gasteiger partial charge in [-0.2, -0.15) is 0 Å². The van der Waals surface area contributed by atoms with E-state index >= 15 is 0 Å². The Kier molecular flexibility index (Phi) is 6.44. The van der Waals surface area contributed by atoms with Crippen molar-refractivity contribution in [2.24, 2.45) is 0 Å². The van der Waals surface area contributed by atoms with Crippen LogP contribution in [0.4, 0.5) is 10.3 Å². The Balaban J connectivity index is 2.46. The van der Waals surface area contributed by atoms with Gasteiger partial charge in [-0.15, -0.1) is 0 Å². The first-order valence-corrected chi connectivity index (χ1v) is 8.68. The second-order valence-electron chi connectivity index (χ2n) is 5.00. The minimum Gasteiger partial charge on any atom is -0.502 e. The van der Waals surface area contributed by atoms with Crippen molar-refractivity contribution in [3.63, 3.8) is 0 Å². The van der Waals surface area contributed by atoms with Gasteiger partial charge in [-0.05, 0) is 24.6 Å². The summed E-state index contributed by atoms with van der Waals surface area (Å²) in [5, 5.41) is 13.5. The summed E-state index contributed by atoms with van der Waals surface area (Å²) in [7, 11) is 0. The lowest BCUT2D eigenvalue weighted by Crippen LogP contribution is -2.12. The molecule has 9 heteroatoms. The van der Waals surface area contributed by atoms with Crippen LogP contribution < -0.4 is 10.1 Å². The van der Waals surface area contributed by atoms with E-state index in [0.717, 1.165) is 19.1 Å². The summed E-state index contributed by atoms with van der Waals surface area (Å²) in [6.45, 7) is 1.12. The van der Waals surface area contributed by atoms with E-state index in [1.807, 2.05) is 0 Å². The van der Waals surface area contributed by atoms with E-state index < -0.39 is 23.4 Å². The SMILES string of the molecule is CC(=O)Oc1c(NC(=O)CCCBr)oc(-c2cc(F)ccc2Cl)c1O. The maximum absolute atomic E-state index is 13.5. The first-order valence-electron chi connectivity index (χ1n) is 7.19. The molecule has 0 fully saturated rings. The van der Waals surface area contributed by atoms with Gasteiger partial charge in [-0.1, -0.05) is 27.5 Å². The minimum atomic E-state index is -0.732. The van der Waals surface area contributed by atoms with E-state index in [9.17, 15) is 19.1 Å². The van der Waals surface area contributed by atoms with Gasteiger partial charge in [0, 0.05) is 24.2 Å². The number of anilines is 1. The Labute approximate surface area is 156 Å². The van der Waals surface area contributed by atoms with E-state index in [1.54, 1.807) is 0 Å². The lowest BCUT2D eigenvalue weighted by atomic mass is 10.1. The van der Waals surface area contributed by atoms with E-state index in [4.69, 9.17) is 20.8 Å². The number of furan rings is 1. The Bertz CT molecular complexity index is 808. The summed E-state index contributed by atoms with van der Waals surface area (Å²) in [6.07, 6.45) is 0.756. The van der Waals surface area contributed by atoms with Crippen LogP contribution in [0.25, 0.3) is 11.3 Å². The Morgan fingerprint density at radius 1 is 1.44 bits per heavy atom. The number of carbonyl (C=O) groups is 2. The first kappa shape index (κ1) is 19.3. The number of carbonyl (C=O) groups excluding carboxylic acids is 2. The third kappa shape index (κ3) is 4.73. The zero-order valence-corrected chi connectivity index (χ0v) is 15.4. The highest BCUT2D eigenvalue weighted by Crippen LogP contribution is 2.48. The summed E-state index contributed by atoms with van der Waals surface area (Å²) in [5.74, 6) is -3.16. The van der Waals surface area contributed by atoms with Crippen LogP contribution in [0.5, 0.6) is 11.5 Å². The van der Waals surface area contributed by atoms with E-state index in [-0.39, 0.29) is 34.4 Å². The summed E-state index contributed by atoms with van der Waals surface area (Å²) in [6, 6.07) is 3.48. The molecular weight excluding hydrogens is 421 g/mol. The number of benzene rings is 1. The van der Waals surface area contributed by atoms with Gasteiger partial charge < -0.3 is 14.3 Å². The number of rotatable bonds is 6. The predicted octanol–water partition coefficient (Wildman–Crippen LogP) is 4.48. The number of esters is 1. The molecule has 0 aliphatic rings. The molecular formula is C16H14BrClFNO5. The molecule has 2 aromatic rings. The highest BCUT2D eigenvalue weighted by atomic mass is 79.9. The van der Waals surface area contributed by atoms with E-state index in [1.165, 1.54) is 6.07 Å². The number of alkyl halides is 1. The maximum atomic E-state index is 13.5. The first-order chi connectivity index (χ1) is 11.8. The number of amides is 1. The quantitative estimate of drug-likeness (QED) is 0.517. The van der Waals surface area contributed by atoms with E-state index in [0.29, 0.717) is 11.8 Å². The third-order valence-corrected chi connectivity index (χ3v) is 3.94. The van der Waals surface area contributed by atoms with Crippen molar-refractivity contribution in [1.82, 2.24) is 0 Å². The minimum absolute atomic E-state index is 0.0496. The van der Waals surface area contributed by atoms with Gasteiger partial charge >= 0.3 is 5.97 Å². The Morgan fingerprint density at radius 3 is 2.80 bits per heavy atom. The highest BCUT2D eigenvalue weighted by molar-refractivity contribution is 9.09. The standard InChI is InChI=1S/C16H14BrClFNO5/c1-8(21)24-15-13(23)14(10-7-9(19)4-5-11(10)18)25-16(15)20-12(22)3-2-6-17/h4-5,7,23H,2-3,6H2,1H3,(H,20,22). The molecule has 0 spiro atoms. The predicted molar refractivity (Wildman–Crippen MR) is 93.7 cm³/mol. The molecule has 1 aromatic carbocycles. The van der Waals surface area contributed by atoms with Gasteiger partial charge in [0.25, 0.3) is 0 Å². The van der Waals surface area contributed by atoms with Crippen molar-refractivity contribution in [2.45, 2.75) is 19.8 Å². The molecule has 1 aromatic heterocycles. The average molecular weight is 435 g/mol. The topological polar surface area (TPSA) is 88.8 Å². The van der Waals surface area contributed by atoms with Crippen LogP contribution in [0.15, 0.2) is 22.6 Å². The van der Waals surface area contributed by atoms with Crippen LogP contribution >= 0.6 is 27.5 Å². The summed E-state index contributed by atoms with van der Waals surface area (Å²) in [5.41, 5.74) is 0.0496. The smallest absolute Gasteiger partial charge is 0.308 e. The van der Waals surface area contributed by atoms with Crippen LogP contribution in [-0.4, -0.2) is 22.3 Å². The van der Waals surface area contributed by atoms with Crippen LogP contribution in [0.2, 0.25) is 5.02 Å². The van der Waals surface area contributed by atoms with Gasteiger partial charge in [0.2, 0.25) is 23.3 Å². The van der Waals surface area contributed by atoms with Crippen LogP contribution in [0.3, 0.4) is 0 Å². The fourth-order valence-electron chi connectivity index (χ4n) is 2.00. The van der Waals surface area contributed by atoms with E-state index in [2.05, 4.69) is 21.2 Å². The molecule has 0 unspecified atom stereocenters. The average Bonchev–Trinajstić information content (AvgIpc) is 2.84. The number of hydrogen-bond acceptors (Lipinski definition) is 5. The number of nitrogens with one attached hydrogen (secondary N) is 1. The molecule has 0 saturated heterocycles. The molecule has 25 heavy (non-hydrogen) atoms. The molecule has 0 aliphatic heterocycles. The second kappa shape index (κ2) is 8.35. The lowest BCUT2D eigenvalue weighted by molar-refractivity contribution is -0.132. The number of hydrogen-bond donors (Lipinski definition) is 2. The van der Waals surface area contributed by atoms with Crippen LogP contribution in [0.1, 0.15) is 19.8 Å². The highest BCUT2D eigenvalue weighted by Gasteiger charge is 2.26. The molecule has 134 valence electrons. The molecule has 2 rings (SSSR count). The fraction of sp³-hybridized carbons (Fsp3) is 0.250. The molecule has 1 amide bonds. The molecule has 0 saturated carbocycles. The normalized spacial score (nSPS) is 10.6. The van der Waals surface area contributed by atoms with Crippen molar-refractivity contribution < 1.29 is 28.2 Å². The zero-order chi connectivity index (χ0) is 18.6.